The molecule has 4 aromatic carbocycles. The molecule has 5 heteroatoms. The van der Waals surface area contributed by atoms with Gasteiger partial charge in [0.1, 0.15) is 18.1 Å². The Morgan fingerprint density at radius 2 is 1.41 bits per heavy atom. The van der Waals surface area contributed by atoms with Crippen molar-refractivity contribution in [3.63, 3.8) is 0 Å². The molecule has 0 aliphatic heterocycles. The molecular weight excluding hydrogens is 426 g/mol. The van der Waals surface area contributed by atoms with Crippen molar-refractivity contribution in [1.82, 2.24) is 0 Å². The summed E-state index contributed by atoms with van der Waals surface area (Å²) in [5.74, 6) is 1.07. The number of benzene rings is 4. The molecule has 0 spiro atoms. The van der Waals surface area contributed by atoms with Crippen molar-refractivity contribution in [2.75, 3.05) is 13.7 Å². The highest BCUT2D eigenvalue weighted by molar-refractivity contribution is 5.45. The lowest BCUT2D eigenvalue weighted by Gasteiger charge is -2.17. The van der Waals surface area contributed by atoms with Gasteiger partial charge in [-0.2, -0.15) is 0 Å². The average Bonchev–Trinajstić information content (AvgIpc) is 2.88. The van der Waals surface area contributed by atoms with Crippen molar-refractivity contribution in [2.24, 2.45) is 0 Å². The molecule has 0 bridgehead atoms. The molecule has 4 aromatic rings. The van der Waals surface area contributed by atoms with Gasteiger partial charge in [0.05, 0.1) is 13.0 Å². The van der Waals surface area contributed by atoms with Gasteiger partial charge in [-0.25, -0.2) is 0 Å². The van der Waals surface area contributed by atoms with Gasteiger partial charge >= 0.3 is 0 Å². The average molecular weight is 454 g/mol. The van der Waals surface area contributed by atoms with Gasteiger partial charge in [-0.05, 0) is 46.0 Å². The number of nitro groups is 1. The predicted octanol–water partition coefficient (Wildman–Crippen LogP) is 6.27. The summed E-state index contributed by atoms with van der Waals surface area (Å²) < 4.78 is 11.5. The summed E-state index contributed by atoms with van der Waals surface area (Å²) in [4.78, 5) is 11.2. The second-order valence-corrected chi connectivity index (χ2v) is 8.14. The summed E-state index contributed by atoms with van der Waals surface area (Å²) in [6, 6.07) is 33.5. The smallest absolute Gasteiger partial charge is 0.214 e. The minimum atomic E-state index is -0.391. The Morgan fingerprint density at radius 3 is 2.03 bits per heavy atom. The molecule has 0 saturated carbocycles. The molecule has 0 aromatic heterocycles. The molecule has 1 unspecified atom stereocenters. The SMILES string of the molecule is COc1cc(C(C[N+](=O)[O-])c2ccc(OCc3ccccc3)cc2)ccc1Cc1ccccc1. The second-order valence-electron chi connectivity index (χ2n) is 8.14. The van der Waals surface area contributed by atoms with E-state index in [1.54, 1.807) is 7.11 Å². The largest absolute Gasteiger partial charge is 0.496 e. The molecule has 0 fully saturated rings. The van der Waals surface area contributed by atoms with Crippen molar-refractivity contribution < 1.29 is 14.4 Å². The maximum atomic E-state index is 11.5. The van der Waals surface area contributed by atoms with E-state index in [0.717, 1.165) is 40.2 Å². The van der Waals surface area contributed by atoms with Crippen LogP contribution in [0.1, 0.15) is 33.7 Å². The van der Waals surface area contributed by atoms with Gasteiger partial charge in [0.15, 0.2) is 0 Å². The number of ether oxygens (including phenoxy) is 2. The molecule has 0 heterocycles. The number of methoxy groups -OCH3 is 1. The maximum absolute atomic E-state index is 11.5. The summed E-state index contributed by atoms with van der Waals surface area (Å²) in [5, 5.41) is 11.5. The molecule has 0 N–H and O–H groups in total. The standard InChI is InChI=1S/C29H27NO4/c1-33-29-19-25(12-13-26(29)18-22-8-4-2-5-9-22)28(20-30(31)32)24-14-16-27(17-15-24)34-21-23-10-6-3-7-11-23/h2-17,19,28H,18,20-21H2,1H3. The van der Waals surface area contributed by atoms with E-state index in [1.807, 2.05) is 91.0 Å². The van der Waals surface area contributed by atoms with E-state index in [1.165, 1.54) is 5.56 Å². The summed E-state index contributed by atoms with van der Waals surface area (Å²) in [5.41, 5.74) is 5.02. The minimum Gasteiger partial charge on any atom is -0.496 e. The van der Waals surface area contributed by atoms with E-state index in [2.05, 4.69) is 12.1 Å². The van der Waals surface area contributed by atoms with Crippen LogP contribution in [0.15, 0.2) is 103 Å². The molecular formula is C29H27NO4. The normalized spacial score (nSPS) is 11.6. The van der Waals surface area contributed by atoms with Crippen LogP contribution < -0.4 is 9.47 Å². The zero-order chi connectivity index (χ0) is 23.8. The van der Waals surface area contributed by atoms with Crippen LogP contribution in [0.3, 0.4) is 0 Å². The molecule has 0 saturated heterocycles. The van der Waals surface area contributed by atoms with Gasteiger partial charge in [0.25, 0.3) is 0 Å². The predicted molar refractivity (Wildman–Crippen MR) is 133 cm³/mol. The van der Waals surface area contributed by atoms with Crippen molar-refractivity contribution in [3.8, 4) is 11.5 Å². The Kier molecular flexibility index (Phi) is 7.56. The third kappa shape index (κ3) is 6.01. The monoisotopic (exact) mass is 453 g/mol. The maximum Gasteiger partial charge on any atom is 0.214 e. The van der Waals surface area contributed by atoms with Crippen LogP contribution >= 0.6 is 0 Å². The number of rotatable bonds is 10. The highest BCUT2D eigenvalue weighted by Crippen LogP contribution is 2.32. The quantitative estimate of drug-likeness (QED) is 0.210. The first-order chi connectivity index (χ1) is 16.6. The third-order valence-electron chi connectivity index (χ3n) is 5.81. The van der Waals surface area contributed by atoms with E-state index < -0.39 is 5.92 Å². The third-order valence-corrected chi connectivity index (χ3v) is 5.81. The van der Waals surface area contributed by atoms with Crippen LogP contribution in [0.4, 0.5) is 0 Å². The number of hydrogen-bond donors (Lipinski definition) is 0. The van der Waals surface area contributed by atoms with Crippen molar-refractivity contribution in [3.05, 3.63) is 141 Å². The zero-order valence-corrected chi connectivity index (χ0v) is 19.1. The van der Waals surface area contributed by atoms with Gasteiger partial charge in [0.2, 0.25) is 6.54 Å². The van der Waals surface area contributed by atoms with E-state index >= 15 is 0 Å². The molecule has 172 valence electrons. The van der Waals surface area contributed by atoms with Crippen molar-refractivity contribution in [2.45, 2.75) is 18.9 Å². The lowest BCUT2D eigenvalue weighted by molar-refractivity contribution is -0.481. The van der Waals surface area contributed by atoms with Crippen LogP contribution in [0.25, 0.3) is 0 Å². The molecule has 0 aliphatic carbocycles. The highest BCUT2D eigenvalue weighted by Gasteiger charge is 2.22. The minimum absolute atomic E-state index is 0.203. The van der Waals surface area contributed by atoms with E-state index in [-0.39, 0.29) is 11.5 Å². The van der Waals surface area contributed by atoms with Crippen LogP contribution in [0.5, 0.6) is 11.5 Å². The van der Waals surface area contributed by atoms with Gasteiger partial charge < -0.3 is 9.47 Å². The number of nitrogens with zero attached hydrogens (tertiary/aromatic N) is 1. The molecule has 0 aliphatic rings. The van der Waals surface area contributed by atoms with Gasteiger partial charge in [-0.15, -0.1) is 0 Å². The fraction of sp³-hybridized carbons (Fsp3) is 0.172. The Labute approximate surface area is 199 Å². The van der Waals surface area contributed by atoms with Crippen LogP contribution in [-0.4, -0.2) is 18.6 Å². The summed E-state index contributed by atoms with van der Waals surface area (Å²) in [7, 11) is 1.63. The Morgan fingerprint density at radius 1 is 0.794 bits per heavy atom. The van der Waals surface area contributed by atoms with E-state index in [4.69, 9.17) is 9.47 Å². The molecule has 4 rings (SSSR count). The van der Waals surface area contributed by atoms with Gasteiger partial charge in [-0.3, -0.25) is 10.1 Å². The van der Waals surface area contributed by atoms with Crippen LogP contribution in [-0.2, 0) is 13.0 Å². The van der Waals surface area contributed by atoms with Crippen molar-refractivity contribution in [1.29, 1.82) is 0 Å². The fourth-order valence-corrected chi connectivity index (χ4v) is 4.03. The second kappa shape index (κ2) is 11.1. The summed E-state index contributed by atoms with van der Waals surface area (Å²) in [6.07, 6.45) is 0.734. The van der Waals surface area contributed by atoms with Crippen LogP contribution in [0.2, 0.25) is 0 Å². The molecule has 34 heavy (non-hydrogen) atoms. The lowest BCUT2D eigenvalue weighted by atomic mass is 9.89. The first-order valence-electron chi connectivity index (χ1n) is 11.2. The van der Waals surface area contributed by atoms with Crippen molar-refractivity contribution >= 4 is 0 Å². The summed E-state index contributed by atoms with van der Waals surface area (Å²) in [6.45, 7) is 0.268. The molecule has 0 amide bonds. The van der Waals surface area contributed by atoms with E-state index in [0.29, 0.717) is 6.61 Å². The Balaban J connectivity index is 1.54. The van der Waals surface area contributed by atoms with Crippen LogP contribution in [0, 0.1) is 10.1 Å². The topological polar surface area (TPSA) is 61.6 Å². The van der Waals surface area contributed by atoms with E-state index in [9.17, 15) is 10.1 Å². The Hall–Kier alpha value is -4.12. The lowest BCUT2D eigenvalue weighted by Crippen LogP contribution is -2.14. The summed E-state index contributed by atoms with van der Waals surface area (Å²) >= 11 is 0. The molecule has 5 nitrogen and oxygen atoms in total. The van der Waals surface area contributed by atoms with Gasteiger partial charge in [-0.1, -0.05) is 84.9 Å². The first kappa shape index (κ1) is 23.1. The number of hydrogen-bond acceptors (Lipinski definition) is 4. The highest BCUT2D eigenvalue weighted by atomic mass is 16.6. The zero-order valence-electron chi connectivity index (χ0n) is 19.1. The molecule has 0 radical (unpaired) electrons. The first-order valence-corrected chi connectivity index (χ1v) is 11.2. The Bertz CT molecular complexity index is 1210. The van der Waals surface area contributed by atoms with Gasteiger partial charge in [0, 0.05) is 11.3 Å². The fourth-order valence-electron chi connectivity index (χ4n) is 4.03. The molecule has 1 atom stereocenters.